The Balaban J connectivity index is 2.10. The lowest BCUT2D eigenvalue weighted by Crippen LogP contribution is -2.09. The van der Waals surface area contributed by atoms with E-state index in [9.17, 15) is 0 Å². The van der Waals surface area contributed by atoms with Crippen LogP contribution < -0.4 is 0 Å². The predicted molar refractivity (Wildman–Crippen MR) is 75.5 cm³/mol. The summed E-state index contributed by atoms with van der Waals surface area (Å²) < 4.78 is 8.30. The number of aromatic nitrogens is 2. The van der Waals surface area contributed by atoms with Crippen molar-refractivity contribution < 1.29 is 4.74 Å². The lowest BCUT2D eigenvalue weighted by molar-refractivity contribution is 0.106. The lowest BCUT2D eigenvalue weighted by Gasteiger charge is -2.13. The first-order valence-corrected chi connectivity index (χ1v) is 6.81. The van der Waals surface area contributed by atoms with E-state index in [1.54, 1.807) is 7.11 Å². The molecule has 1 fully saturated rings. The zero-order valence-electron chi connectivity index (χ0n) is 10.7. The van der Waals surface area contributed by atoms with Crippen molar-refractivity contribution in [1.29, 1.82) is 5.26 Å². The molecule has 98 valence electrons. The lowest BCUT2D eigenvalue weighted by atomic mass is 10.2. The molecule has 0 amide bonds. The molecule has 1 aromatic carbocycles. The number of aromatic amines is 1. The second-order valence-corrected chi connectivity index (χ2v) is 5.36. The Morgan fingerprint density at radius 3 is 3.00 bits per heavy atom. The van der Waals surface area contributed by atoms with Crippen LogP contribution in [0.25, 0.3) is 11.0 Å². The quantitative estimate of drug-likeness (QED) is 0.854. The number of ether oxygens (including phenoxy) is 1. The van der Waals surface area contributed by atoms with E-state index in [0.29, 0.717) is 17.7 Å². The van der Waals surface area contributed by atoms with E-state index in [-0.39, 0.29) is 0 Å². The van der Waals surface area contributed by atoms with Crippen molar-refractivity contribution in [3.05, 3.63) is 28.5 Å². The van der Waals surface area contributed by atoms with E-state index in [4.69, 9.17) is 22.2 Å². The normalized spacial score (nSPS) is 22.7. The fraction of sp³-hybridized carbons (Fsp3) is 0.429. The van der Waals surface area contributed by atoms with Gasteiger partial charge >= 0.3 is 0 Å². The molecule has 2 unspecified atom stereocenters. The topological polar surface area (TPSA) is 53.7 Å². The molecule has 1 aromatic heterocycles. The molecule has 5 heteroatoms. The van der Waals surface area contributed by atoms with E-state index in [0.717, 1.165) is 35.1 Å². The summed E-state index contributed by atoms with van der Waals surface area (Å²) in [6, 6.07) is 8.18. The summed E-state index contributed by atoms with van der Waals surface area (Å²) in [6.45, 7) is 0. The van der Waals surface area contributed by atoms with Crippen LogP contribution in [0.4, 0.5) is 0 Å². The van der Waals surface area contributed by atoms with Gasteiger partial charge in [-0.2, -0.15) is 5.26 Å². The number of nitrogens with zero attached hydrogens (tertiary/aromatic N) is 2. The Bertz CT molecular complexity index is 710. The Labute approximate surface area is 116 Å². The van der Waals surface area contributed by atoms with Crippen molar-refractivity contribution in [2.24, 2.45) is 0 Å². The Hall–Kier alpha value is -1.64. The summed E-state index contributed by atoms with van der Waals surface area (Å²) >= 11 is 5.43. The third kappa shape index (κ3) is 2.07. The van der Waals surface area contributed by atoms with Gasteiger partial charge in [-0.15, -0.1) is 0 Å². The van der Waals surface area contributed by atoms with Crippen molar-refractivity contribution in [3.8, 4) is 6.07 Å². The molecular weight excluding hydrogens is 258 g/mol. The minimum Gasteiger partial charge on any atom is -0.381 e. The van der Waals surface area contributed by atoms with Crippen LogP contribution in [0.2, 0.25) is 0 Å². The van der Waals surface area contributed by atoms with Gasteiger partial charge in [-0.3, -0.25) is 0 Å². The molecule has 3 rings (SSSR count). The summed E-state index contributed by atoms with van der Waals surface area (Å²) in [7, 11) is 1.76. The van der Waals surface area contributed by atoms with Gasteiger partial charge in [-0.1, -0.05) is 0 Å². The number of H-pyrrole nitrogens is 1. The molecule has 1 aliphatic carbocycles. The molecule has 0 spiro atoms. The summed E-state index contributed by atoms with van der Waals surface area (Å²) in [4.78, 5) is 3.22. The summed E-state index contributed by atoms with van der Waals surface area (Å²) in [5, 5.41) is 9.02. The van der Waals surface area contributed by atoms with E-state index >= 15 is 0 Å². The van der Waals surface area contributed by atoms with Crippen molar-refractivity contribution in [2.75, 3.05) is 7.11 Å². The minimum absolute atomic E-state index is 0.316. The van der Waals surface area contributed by atoms with Gasteiger partial charge in [0, 0.05) is 13.2 Å². The van der Waals surface area contributed by atoms with Crippen LogP contribution in [0.1, 0.15) is 30.9 Å². The van der Waals surface area contributed by atoms with Crippen LogP contribution in [0.5, 0.6) is 0 Å². The number of hydrogen-bond acceptors (Lipinski definition) is 3. The first-order chi connectivity index (χ1) is 9.22. The smallest absolute Gasteiger partial charge is 0.178 e. The largest absolute Gasteiger partial charge is 0.381 e. The molecular formula is C14H15N3OS. The maximum Gasteiger partial charge on any atom is 0.178 e. The van der Waals surface area contributed by atoms with Crippen molar-refractivity contribution in [1.82, 2.24) is 9.55 Å². The zero-order valence-corrected chi connectivity index (χ0v) is 11.5. The van der Waals surface area contributed by atoms with Crippen LogP contribution in [0.15, 0.2) is 18.2 Å². The van der Waals surface area contributed by atoms with Crippen molar-refractivity contribution >= 4 is 23.3 Å². The van der Waals surface area contributed by atoms with Gasteiger partial charge in [0.2, 0.25) is 0 Å². The Kier molecular flexibility index (Phi) is 3.13. The highest BCUT2D eigenvalue weighted by Crippen LogP contribution is 2.34. The first kappa shape index (κ1) is 12.4. The molecule has 0 aliphatic heterocycles. The summed E-state index contributed by atoms with van der Waals surface area (Å²) in [5.74, 6) is 0. The second kappa shape index (κ2) is 4.80. The molecule has 1 saturated carbocycles. The number of methoxy groups -OCH3 is 1. The van der Waals surface area contributed by atoms with Gasteiger partial charge in [-0.25, -0.2) is 0 Å². The minimum atomic E-state index is 0.316. The molecule has 19 heavy (non-hydrogen) atoms. The van der Waals surface area contributed by atoms with Crippen LogP contribution >= 0.6 is 12.2 Å². The van der Waals surface area contributed by atoms with E-state index in [1.165, 1.54) is 0 Å². The predicted octanol–water partition coefficient (Wildman–Crippen LogP) is 3.31. The zero-order chi connectivity index (χ0) is 13.4. The number of imidazole rings is 1. The molecule has 1 heterocycles. The highest BCUT2D eigenvalue weighted by Gasteiger charge is 2.27. The molecule has 0 saturated heterocycles. The van der Waals surface area contributed by atoms with Crippen LogP contribution in [-0.2, 0) is 4.74 Å². The number of benzene rings is 1. The molecule has 2 aromatic rings. The fourth-order valence-corrected chi connectivity index (χ4v) is 3.28. The van der Waals surface area contributed by atoms with Gasteiger partial charge in [0.25, 0.3) is 0 Å². The maximum atomic E-state index is 9.02. The van der Waals surface area contributed by atoms with Gasteiger partial charge in [0.05, 0.1) is 28.8 Å². The van der Waals surface area contributed by atoms with Crippen molar-refractivity contribution in [2.45, 2.75) is 31.4 Å². The molecule has 1 aliphatic rings. The molecule has 0 bridgehead atoms. The van der Waals surface area contributed by atoms with Crippen LogP contribution in [-0.4, -0.2) is 22.8 Å². The standard InChI is InChI=1S/C14H15N3OS/c1-18-11-4-3-10(7-11)17-13-6-9(8-15)2-5-12(13)16-14(17)19/h2,5-6,10-11H,3-4,7H2,1H3,(H,16,19). The second-order valence-electron chi connectivity index (χ2n) is 4.97. The molecule has 1 N–H and O–H groups in total. The van der Waals surface area contributed by atoms with E-state index in [2.05, 4.69) is 15.6 Å². The molecule has 2 atom stereocenters. The maximum absolute atomic E-state index is 9.02. The third-order valence-electron chi connectivity index (χ3n) is 3.90. The first-order valence-electron chi connectivity index (χ1n) is 6.40. The number of nitriles is 1. The Morgan fingerprint density at radius 2 is 2.32 bits per heavy atom. The number of rotatable bonds is 2. The number of nitrogens with one attached hydrogen (secondary N) is 1. The van der Waals surface area contributed by atoms with Gasteiger partial charge in [0.1, 0.15) is 0 Å². The fourth-order valence-electron chi connectivity index (χ4n) is 2.92. The van der Waals surface area contributed by atoms with Crippen LogP contribution in [0.3, 0.4) is 0 Å². The van der Waals surface area contributed by atoms with Gasteiger partial charge in [0.15, 0.2) is 4.77 Å². The average molecular weight is 273 g/mol. The average Bonchev–Trinajstić information content (AvgIpc) is 3.00. The van der Waals surface area contributed by atoms with Gasteiger partial charge < -0.3 is 14.3 Å². The Morgan fingerprint density at radius 1 is 1.47 bits per heavy atom. The molecule has 4 nitrogen and oxygen atoms in total. The summed E-state index contributed by atoms with van der Waals surface area (Å²) in [5.41, 5.74) is 2.67. The van der Waals surface area contributed by atoms with E-state index in [1.807, 2.05) is 18.2 Å². The SMILES string of the molecule is COC1CCC(n2c(=S)[nH]c3ccc(C#N)cc32)C1. The summed E-state index contributed by atoms with van der Waals surface area (Å²) in [6.07, 6.45) is 3.43. The van der Waals surface area contributed by atoms with Crippen LogP contribution in [0, 0.1) is 16.1 Å². The number of hydrogen-bond donors (Lipinski definition) is 1. The third-order valence-corrected chi connectivity index (χ3v) is 4.20. The highest BCUT2D eigenvalue weighted by atomic mass is 32.1. The van der Waals surface area contributed by atoms with E-state index < -0.39 is 0 Å². The monoisotopic (exact) mass is 273 g/mol. The number of fused-ring (bicyclic) bond motifs is 1. The van der Waals surface area contributed by atoms with Crippen molar-refractivity contribution in [3.63, 3.8) is 0 Å². The van der Waals surface area contributed by atoms with Gasteiger partial charge in [-0.05, 0) is 49.7 Å². The molecule has 0 radical (unpaired) electrons. The highest BCUT2D eigenvalue weighted by molar-refractivity contribution is 7.71.